The molecular formula is C16H17N5S. The number of anilines is 1. The highest BCUT2D eigenvalue weighted by Gasteiger charge is 2.11. The first kappa shape index (κ1) is 14.5. The SMILES string of the molecule is CCNC(=S)Nc1cnc2c(c1)c(C)nn2-c1ccccc1. The van der Waals surface area contributed by atoms with E-state index in [4.69, 9.17) is 12.2 Å². The minimum absolute atomic E-state index is 0.594. The molecule has 0 aliphatic heterocycles. The molecule has 112 valence electrons. The fraction of sp³-hybridized carbons (Fsp3) is 0.188. The Morgan fingerprint density at radius 2 is 2.05 bits per heavy atom. The van der Waals surface area contributed by atoms with E-state index in [-0.39, 0.29) is 0 Å². The fourth-order valence-electron chi connectivity index (χ4n) is 2.30. The summed E-state index contributed by atoms with van der Waals surface area (Å²) in [6.07, 6.45) is 1.77. The summed E-state index contributed by atoms with van der Waals surface area (Å²) in [6, 6.07) is 12.0. The van der Waals surface area contributed by atoms with E-state index < -0.39 is 0 Å². The molecule has 0 radical (unpaired) electrons. The Labute approximate surface area is 134 Å². The fourth-order valence-corrected chi connectivity index (χ4v) is 2.56. The number of benzene rings is 1. The number of nitrogens with zero attached hydrogens (tertiary/aromatic N) is 3. The summed E-state index contributed by atoms with van der Waals surface area (Å²) < 4.78 is 1.86. The van der Waals surface area contributed by atoms with Gasteiger partial charge in [-0.05, 0) is 44.3 Å². The number of para-hydroxylation sites is 1. The van der Waals surface area contributed by atoms with E-state index in [0.29, 0.717) is 5.11 Å². The van der Waals surface area contributed by atoms with Gasteiger partial charge in [0.05, 0.1) is 23.3 Å². The molecule has 22 heavy (non-hydrogen) atoms. The van der Waals surface area contributed by atoms with E-state index in [9.17, 15) is 0 Å². The molecular weight excluding hydrogens is 294 g/mol. The van der Waals surface area contributed by atoms with Crippen molar-refractivity contribution < 1.29 is 0 Å². The van der Waals surface area contributed by atoms with Gasteiger partial charge in [0.25, 0.3) is 0 Å². The van der Waals surface area contributed by atoms with Crippen molar-refractivity contribution in [1.82, 2.24) is 20.1 Å². The lowest BCUT2D eigenvalue weighted by atomic mass is 10.2. The van der Waals surface area contributed by atoms with Crippen LogP contribution in [-0.4, -0.2) is 26.4 Å². The standard InChI is InChI=1S/C16H17N5S/c1-3-17-16(22)19-12-9-14-11(2)20-21(15(14)18-10-12)13-7-5-4-6-8-13/h4-10H,3H2,1-2H3,(H2,17,19,22). The predicted octanol–water partition coefficient (Wildman–Crippen LogP) is 3.04. The second kappa shape index (κ2) is 6.11. The molecule has 1 aromatic carbocycles. The van der Waals surface area contributed by atoms with Crippen LogP contribution in [0, 0.1) is 6.92 Å². The number of pyridine rings is 1. The van der Waals surface area contributed by atoms with E-state index in [1.165, 1.54) is 0 Å². The zero-order valence-corrected chi connectivity index (χ0v) is 13.3. The monoisotopic (exact) mass is 311 g/mol. The average Bonchev–Trinajstić information content (AvgIpc) is 2.85. The predicted molar refractivity (Wildman–Crippen MR) is 93.5 cm³/mol. The van der Waals surface area contributed by atoms with Gasteiger partial charge in [0.15, 0.2) is 10.8 Å². The summed E-state index contributed by atoms with van der Waals surface area (Å²) in [4.78, 5) is 4.54. The minimum atomic E-state index is 0.594. The van der Waals surface area contributed by atoms with Crippen molar-refractivity contribution in [2.45, 2.75) is 13.8 Å². The molecule has 0 saturated heterocycles. The maximum Gasteiger partial charge on any atom is 0.170 e. The van der Waals surface area contributed by atoms with Gasteiger partial charge in [-0.15, -0.1) is 0 Å². The van der Waals surface area contributed by atoms with Crippen LogP contribution >= 0.6 is 12.2 Å². The largest absolute Gasteiger partial charge is 0.363 e. The molecule has 6 heteroatoms. The average molecular weight is 311 g/mol. The third-order valence-corrected chi connectivity index (χ3v) is 3.55. The Morgan fingerprint density at radius 3 is 2.77 bits per heavy atom. The highest BCUT2D eigenvalue weighted by Crippen LogP contribution is 2.22. The second-order valence-corrected chi connectivity index (χ2v) is 5.32. The van der Waals surface area contributed by atoms with E-state index in [1.807, 2.05) is 54.9 Å². The number of nitrogens with one attached hydrogen (secondary N) is 2. The van der Waals surface area contributed by atoms with Crippen LogP contribution in [0.15, 0.2) is 42.6 Å². The van der Waals surface area contributed by atoms with Crippen molar-refractivity contribution in [2.75, 3.05) is 11.9 Å². The van der Waals surface area contributed by atoms with Gasteiger partial charge in [-0.25, -0.2) is 9.67 Å². The lowest BCUT2D eigenvalue weighted by molar-refractivity contribution is 0.878. The number of aromatic nitrogens is 3. The lowest BCUT2D eigenvalue weighted by Crippen LogP contribution is -2.27. The van der Waals surface area contributed by atoms with Gasteiger partial charge in [0.2, 0.25) is 0 Å². The molecule has 0 spiro atoms. The summed E-state index contributed by atoms with van der Waals surface area (Å²) in [5.74, 6) is 0. The van der Waals surface area contributed by atoms with Crippen molar-refractivity contribution >= 4 is 34.1 Å². The van der Waals surface area contributed by atoms with Crippen LogP contribution in [0.25, 0.3) is 16.7 Å². The molecule has 2 aromatic heterocycles. The molecule has 0 atom stereocenters. The van der Waals surface area contributed by atoms with Crippen LogP contribution in [0.5, 0.6) is 0 Å². The van der Waals surface area contributed by atoms with Crippen molar-refractivity contribution in [3.05, 3.63) is 48.3 Å². The Bertz CT molecular complexity index is 810. The Hall–Kier alpha value is -2.47. The maximum absolute atomic E-state index is 5.20. The molecule has 0 saturated carbocycles. The number of hydrogen-bond donors (Lipinski definition) is 2. The molecule has 2 heterocycles. The number of fused-ring (bicyclic) bond motifs is 1. The highest BCUT2D eigenvalue weighted by molar-refractivity contribution is 7.80. The zero-order valence-electron chi connectivity index (χ0n) is 12.5. The Morgan fingerprint density at radius 1 is 1.27 bits per heavy atom. The van der Waals surface area contributed by atoms with Crippen LogP contribution < -0.4 is 10.6 Å². The van der Waals surface area contributed by atoms with Crippen LogP contribution in [0.3, 0.4) is 0 Å². The molecule has 3 rings (SSSR count). The number of aryl methyl sites for hydroxylation is 1. The first-order chi connectivity index (χ1) is 10.7. The summed E-state index contributed by atoms with van der Waals surface area (Å²) in [7, 11) is 0. The van der Waals surface area contributed by atoms with E-state index >= 15 is 0 Å². The third-order valence-electron chi connectivity index (χ3n) is 3.30. The Kier molecular flexibility index (Phi) is 4.02. The van der Waals surface area contributed by atoms with Gasteiger partial charge in [-0.1, -0.05) is 18.2 Å². The third kappa shape index (κ3) is 2.78. The molecule has 5 nitrogen and oxygen atoms in total. The van der Waals surface area contributed by atoms with Crippen molar-refractivity contribution in [3.8, 4) is 5.69 Å². The molecule has 0 fully saturated rings. The minimum Gasteiger partial charge on any atom is -0.363 e. The lowest BCUT2D eigenvalue weighted by Gasteiger charge is -2.08. The van der Waals surface area contributed by atoms with Gasteiger partial charge >= 0.3 is 0 Å². The number of thiocarbonyl (C=S) groups is 1. The maximum atomic E-state index is 5.20. The Balaban J connectivity index is 2.00. The topological polar surface area (TPSA) is 54.8 Å². The smallest absolute Gasteiger partial charge is 0.170 e. The van der Waals surface area contributed by atoms with Crippen molar-refractivity contribution in [3.63, 3.8) is 0 Å². The van der Waals surface area contributed by atoms with Gasteiger partial charge in [0.1, 0.15) is 0 Å². The van der Waals surface area contributed by atoms with Gasteiger partial charge < -0.3 is 10.6 Å². The quantitative estimate of drug-likeness (QED) is 0.728. The highest BCUT2D eigenvalue weighted by atomic mass is 32.1. The molecule has 0 aliphatic rings. The normalized spacial score (nSPS) is 10.6. The van der Waals surface area contributed by atoms with Crippen LogP contribution in [0.2, 0.25) is 0 Å². The zero-order chi connectivity index (χ0) is 15.5. The molecule has 3 aromatic rings. The van der Waals surface area contributed by atoms with Gasteiger partial charge in [-0.2, -0.15) is 5.10 Å². The number of rotatable bonds is 3. The summed E-state index contributed by atoms with van der Waals surface area (Å²) in [5.41, 5.74) is 3.62. The van der Waals surface area contributed by atoms with Gasteiger partial charge in [-0.3, -0.25) is 0 Å². The molecule has 0 amide bonds. The summed E-state index contributed by atoms with van der Waals surface area (Å²) in [6.45, 7) is 4.77. The molecule has 0 aliphatic carbocycles. The van der Waals surface area contributed by atoms with E-state index in [1.54, 1.807) is 6.20 Å². The van der Waals surface area contributed by atoms with Crippen LogP contribution in [-0.2, 0) is 0 Å². The number of hydrogen-bond acceptors (Lipinski definition) is 3. The molecule has 0 bridgehead atoms. The van der Waals surface area contributed by atoms with E-state index in [2.05, 4.69) is 20.7 Å². The van der Waals surface area contributed by atoms with Gasteiger partial charge in [0, 0.05) is 11.9 Å². The van der Waals surface area contributed by atoms with Crippen LogP contribution in [0.4, 0.5) is 5.69 Å². The van der Waals surface area contributed by atoms with Crippen LogP contribution in [0.1, 0.15) is 12.6 Å². The van der Waals surface area contributed by atoms with Crippen molar-refractivity contribution in [1.29, 1.82) is 0 Å². The first-order valence-electron chi connectivity index (χ1n) is 7.14. The van der Waals surface area contributed by atoms with Crippen molar-refractivity contribution in [2.24, 2.45) is 0 Å². The van der Waals surface area contributed by atoms with E-state index in [0.717, 1.165) is 34.6 Å². The summed E-state index contributed by atoms with van der Waals surface area (Å²) in [5, 5.41) is 12.4. The molecule has 0 unspecified atom stereocenters. The summed E-state index contributed by atoms with van der Waals surface area (Å²) >= 11 is 5.20. The first-order valence-corrected chi connectivity index (χ1v) is 7.55. The second-order valence-electron chi connectivity index (χ2n) is 4.91. The molecule has 2 N–H and O–H groups in total.